The van der Waals surface area contributed by atoms with E-state index in [0.29, 0.717) is 11.3 Å². The van der Waals surface area contributed by atoms with E-state index in [1.165, 1.54) is 30.6 Å². The Morgan fingerprint density at radius 1 is 1.15 bits per heavy atom. The van der Waals surface area contributed by atoms with Crippen molar-refractivity contribution in [3.8, 4) is 5.69 Å². The number of nitrogens with one attached hydrogen (secondary N) is 2. The summed E-state index contributed by atoms with van der Waals surface area (Å²) in [7, 11) is -2.32. The highest BCUT2D eigenvalue weighted by atomic mass is 32.2. The molecule has 39 heavy (non-hydrogen) atoms. The summed E-state index contributed by atoms with van der Waals surface area (Å²) in [6.45, 7) is 1.56. The van der Waals surface area contributed by atoms with Crippen LogP contribution < -0.4 is 21.4 Å². The Hall–Kier alpha value is -4.13. The third-order valence-electron chi connectivity index (χ3n) is 6.84. The van der Waals surface area contributed by atoms with Crippen molar-refractivity contribution in [2.75, 3.05) is 12.4 Å². The number of hydroxylamine groups is 1. The monoisotopic (exact) mass is 548 g/mol. The highest BCUT2D eigenvalue weighted by Gasteiger charge is 2.20. The molecule has 4 aromatic rings. The first kappa shape index (κ1) is 26.5. The van der Waals surface area contributed by atoms with E-state index in [4.69, 9.17) is 9.98 Å². The molecule has 1 aliphatic rings. The fourth-order valence-corrected chi connectivity index (χ4v) is 5.11. The van der Waals surface area contributed by atoms with Crippen LogP contribution in [0.4, 0.5) is 11.6 Å². The Bertz CT molecular complexity index is 1730. The van der Waals surface area contributed by atoms with Gasteiger partial charge in [0, 0.05) is 23.8 Å². The number of pyridine rings is 1. The number of aryl methyl sites for hydroxylation is 2. The number of aromatic nitrogens is 3. The summed E-state index contributed by atoms with van der Waals surface area (Å²) in [6, 6.07) is 13.2. The Morgan fingerprint density at radius 2 is 1.90 bits per heavy atom. The van der Waals surface area contributed by atoms with Crippen LogP contribution in [0.15, 0.2) is 59.7 Å². The number of amides is 1. The fraction of sp³-hybridized carbons (Fsp3) is 0.259. The van der Waals surface area contributed by atoms with Crippen LogP contribution in [0.1, 0.15) is 40.4 Å². The first-order chi connectivity index (χ1) is 18.6. The number of benzene rings is 2. The molecule has 0 aliphatic heterocycles. The summed E-state index contributed by atoms with van der Waals surface area (Å²) in [5, 5.41) is 7.83. The minimum Gasteiger partial charge on any atom is -0.324 e. The zero-order valence-corrected chi connectivity index (χ0v) is 22.3. The summed E-state index contributed by atoms with van der Waals surface area (Å²) in [6.07, 6.45) is 6.22. The van der Waals surface area contributed by atoms with Gasteiger partial charge in [0.05, 0.1) is 17.7 Å². The molecule has 1 amide bonds. The second-order valence-corrected chi connectivity index (χ2v) is 11.5. The Kier molecular flexibility index (Phi) is 7.17. The van der Waals surface area contributed by atoms with E-state index in [0.717, 1.165) is 30.5 Å². The number of fused-ring (bicyclic) bond motifs is 2. The number of nitrogens with two attached hydrogens (primary N) is 1. The molecule has 0 spiro atoms. The lowest BCUT2D eigenvalue weighted by molar-refractivity contribution is 0.0536. The summed E-state index contributed by atoms with van der Waals surface area (Å²) < 4.78 is 24.8. The van der Waals surface area contributed by atoms with Gasteiger partial charge in [-0.25, -0.2) is 24.0 Å². The zero-order chi connectivity index (χ0) is 27.7. The number of hydrogen-bond acceptors (Lipinski definition) is 8. The molecule has 1 unspecified atom stereocenters. The largest absolute Gasteiger partial charge is 0.324 e. The number of carbonyl (C=O) groups is 1. The van der Waals surface area contributed by atoms with Crippen LogP contribution >= 0.6 is 0 Å². The van der Waals surface area contributed by atoms with Gasteiger partial charge in [0.2, 0.25) is 21.4 Å². The van der Waals surface area contributed by atoms with Gasteiger partial charge in [0.25, 0.3) is 5.91 Å². The molecule has 0 radical (unpaired) electrons. The highest BCUT2D eigenvalue weighted by Crippen LogP contribution is 2.26. The molecule has 11 nitrogen and oxygen atoms in total. The third-order valence-corrected chi connectivity index (χ3v) is 8.13. The quantitative estimate of drug-likeness (QED) is 0.283. The van der Waals surface area contributed by atoms with Gasteiger partial charge in [0.1, 0.15) is 5.56 Å². The maximum atomic E-state index is 13.2. The summed E-state index contributed by atoms with van der Waals surface area (Å²) >= 11 is 0. The van der Waals surface area contributed by atoms with Gasteiger partial charge in [-0.1, -0.05) is 18.2 Å². The molecule has 2 heterocycles. The molecular weight excluding hydrogens is 520 g/mol. The lowest BCUT2D eigenvalue weighted by Crippen LogP contribution is -2.29. The van der Waals surface area contributed by atoms with Crippen molar-refractivity contribution < 1.29 is 18.0 Å². The first-order valence-corrected chi connectivity index (χ1v) is 14.0. The van der Waals surface area contributed by atoms with E-state index in [1.54, 1.807) is 35.8 Å². The highest BCUT2D eigenvalue weighted by molar-refractivity contribution is 7.89. The molecule has 0 fully saturated rings. The third kappa shape index (κ3) is 5.53. The van der Waals surface area contributed by atoms with Crippen molar-refractivity contribution in [1.82, 2.24) is 20.0 Å². The number of rotatable bonds is 8. The minimum absolute atomic E-state index is 0.0986. The Balaban J connectivity index is 1.53. The molecule has 1 atom stereocenters. The van der Waals surface area contributed by atoms with E-state index < -0.39 is 26.6 Å². The average molecular weight is 549 g/mol. The van der Waals surface area contributed by atoms with Crippen molar-refractivity contribution in [2.45, 2.75) is 37.9 Å². The van der Waals surface area contributed by atoms with Gasteiger partial charge in [-0.3, -0.25) is 14.4 Å². The SMILES string of the molecule is CONC(=O)c1cn(-c2ccc3c(c2)CCC3)c2nc(Nc3ccc(CC(C)S(N)(=O)=O)cc3)ncc2c1=O. The molecule has 202 valence electrons. The van der Waals surface area contributed by atoms with E-state index >= 15 is 0 Å². The molecule has 0 bridgehead atoms. The van der Waals surface area contributed by atoms with Crippen LogP contribution in [0.25, 0.3) is 16.7 Å². The molecule has 12 heteroatoms. The van der Waals surface area contributed by atoms with Gasteiger partial charge >= 0.3 is 0 Å². The van der Waals surface area contributed by atoms with Crippen LogP contribution in [0.3, 0.4) is 0 Å². The summed E-state index contributed by atoms with van der Waals surface area (Å²) in [5.74, 6) is -0.421. The predicted octanol–water partition coefficient (Wildman–Crippen LogP) is 2.52. The molecule has 1 aliphatic carbocycles. The maximum absolute atomic E-state index is 13.2. The number of carbonyl (C=O) groups excluding carboxylic acids is 1. The standard InChI is InChI=1S/C27H28N6O5S/c1-16(39(28,36)37)12-17-6-9-20(10-7-17)30-27-29-14-22-24(34)23(26(35)32-38-2)15-33(25(22)31-27)21-11-8-18-4-3-5-19(18)13-21/h6-11,13-16H,3-5,12H2,1-2H3,(H,32,35)(H2,28,36,37)(H,29,30,31). The molecule has 2 aromatic carbocycles. The fourth-order valence-electron chi connectivity index (χ4n) is 4.69. The van der Waals surface area contributed by atoms with Crippen LogP contribution in [-0.4, -0.2) is 41.2 Å². The van der Waals surface area contributed by atoms with Crippen LogP contribution in [0, 0.1) is 0 Å². The van der Waals surface area contributed by atoms with Gasteiger partial charge in [-0.05, 0) is 73.6 Å². The molecule has 2 aromatic heterocycles. The summed E-state index contributed by atoms with van der Waals surface area (Å²) in [4.78, 5) is 39.5. The smallest absolute Gasteiger partial charge is 0.280 e. The number of nitrogens with zero attached hydrogens (tertiary/aromatic N) is 3. The molecular formula is C27H28N6O5S. The second kappa shape index (κ2) is 10.6. The van der Waals surface area contributed by atoms with Crippen molar-refractivity contribution in [2.24, 2.45) is 5.14 Å². The number of hydrogen-bond donors (Lipinski definition) is 3. The van der Waals surface area contributed by atoms with Crippen molar-refractivity contribution >= 4 is 38.6 Å². The molecule has 5 rings (SSSR count). The van der Waals surface area contributed by atoms with Crippen LogP contribution in [-0.2, 0) is 34.1 Å². The van der Waals surface area contributed by atoms with Crippen LogP contribution in [0.2, 0.25) is 0 Å². The van der Waals surface area contributed by atoms with Crippen molar-refractivity contribution in [3.63, 3.8) is 0 Å². The number of sulfonamides is 1. The van der Waals surface area contributed by atoms with Crippen LogP contribution in [0.5, 0.6) is 0 Å². The van der Waals surface area contributed by atoms with Crippen molar-refractivity contribution in [1.29, 1.82) is 0 Å². The average Bonchev–Trinajstić information content (AvgIpc) is 3.38. The topological polar surface area (TPSA) is 158 Å². The molecule has 0 saturated carbocycles. The van der Waals surface area contributed by atoms with E-state index in [-0.39, 0.29) is 23.3 Å². The first-order valence-electron chi connectivity index (χ1n) is 12.4. The Labute approximate surface area is 225 Å². The van der Waals surface area contributed by atoms with E-state index in [1.807, 2.05) is 6.07 Å². The van der Waals surface area contributed by atoms with E-state index in [2.05, 4.69) is 32.9 Å². The minimum atomic E-state index is -3.62. The molecule has 0 saturated heterocycles. The van der Waals surface area contributed by atoms with Gasteiger partial charge in [-0.15, -0.1) is 0 Å². The zero-order valence-electron chi connectivity index (χ0n) is 21.5. The second-order valence-electron chi connectivity index (χ2n) is 9.54. The Morgan fingerprint density at radius 3 is 2.62 bits per heavy atom. The normalized spacial score (nSPS) is 13.7. The van der Waals surface area contributed by atoms with Gasteiger partial charge < -0.3 is 9.88 Å². The lowest BCUT2D eigenvalue weighted by atomic mass is 10.1. The van der Waals surface area contributed by atoms with Gasteiger partial charge in [0.15, 0.2) is 5.65 Å². The summed E-state index contributed by atoms with van der Waals surface area (Å²) in [5.41, 5.74) is 6.70. The van der Waals surface area contributed by atoms with E-state index in [9.17, 15) is 18.0 Å². The maximum Gasteiger partial charge on any atom is 0.280 e. The predicted molar refractivity (Wildman–Crippen MR) is 148 cm³/mol. The molecule has 4 N–H and O–H groups in total. The van der Waals surface area contributed by atoms with Gasteiger partial charge in [-0.2, -0.15) is 4.98 Å². The lowest BCUT2D eigenvalue weighted by Gasteiger charge is -2.15. The number of primary sulfonamides is 1. The number of anilines is 2. The van der Waals surface area contributed by atoms with Crippen molar-refractivity contribution in [3.05, 3.63) is 87.3 Å².